The third-order valence-corrected chi connectivity index (χ3v) is 8.99. The van der Waals surface area contributed by atoms with Gasteiger partial charge in [0.15, 0.2) is 11.5 Å². The molecule has 0 aliphatic rings. The average Bonchev–Trinajstić information content (AvgIpc) is 3.17. The number of nitrogens with one attached hydrogen (secondary N) is 3. The van der Waals surface area contributed by atoms with Gasteiger partial charge in [-0.15, -0.1) is 11.8 Å². The van der Waals surface area contributed by atoms with E-state index < -0.39 is 34.7 Å². The maximum atomic E-state index is 13.9. The van der Waals surface area contributed by atoms with Crippen LogP contribution in [0.4, 0.5) is 11.4 Å². The molecule has 13 heteroatoms. The van der Waals surface area contributed by atoms with E-state index in [0.29, 0.717) is 44.5 Å². The number of carbonyl (C=O) groups is 4. The lowest BCUT2D eigenvalue weighted by Crippen LogP contribution is -2.30. The number of phenols is 1. The molecule has 3 amide bonds. The molecule has 0 saturated carbocycles. The number of benzene rings is 5. The van der Waals surface area contributed by atoms with Crippen molar-refractivity contribution in [2.75, 3.05) is 32.0 Å². The van der Waals surface area contributed by atoms with Gasteiger partial charge in [-0.2, -0.15) is 0 Å². The van der Waals surface area contributed by atoms with Crippen molar-refractivity contribution >= 4 is 52.9 Å². The van der Waals surface area contributed by atoms with Crippen LogP contribution in [0.15, 0.2) is 126 Å². The van der Waals surface area contributed by atoms with Crippen LogP contribution in [-0.2, 0) is 9.59 Å². The third-order valence-electron chi connectivity index (χ3n) is 7.75. The van der Waals surface area contributed by atoms with Crippen molar-refractivity contribution in [3.05, 3.63) is 143 Å². The van der Waals surface area contributed by atoms with Crippen molar-refractivity contribution < 1.29 is 43.6 Å². The number of rotatable bonds is 14. The fourth-order valence-electron chi connectivity index (χ4n) is 5.14. The number of aromatic hydroxyl groups is 1. The minimum atomic E-state index is -1.34. The largest absolute Gasteiger partial charge is 0.507 e. The summed E-state index contributed by atoms with van der Waals surface area (Å²) in [6, 6.07) is 31.2. The van der Waals surface area contributed by atoms with Crippen LogP contribution < -0.4 is 30.2 Å². The van der Waals surface area contributed by atoms with Crippen LogP contribution in [0, 0.1) is 0 Å². The van der Waals surface area contributed by atoms with Crippen LogP contribution >= 0.6 is 11.8 Å². The molecule has 0 aliphatic carbocycles. The molecule has 53 heavy (non-hydrogen) atoms. The first-order chi connectivity index (χ1) is 25.6. The lowest BCUT2D eigenvalue weighted by atomic mass is 10.1. The van der Waals surface area contributed by atoms with E-state index in [1.165, 1.54) is 57.4 Å². The number of hydrogen-bond acceptors (Lipinski definition) is 9. The van der Waals surface area contributed by atoms with Crippen molar-refractivity contribution in [3.8, 4) is 23.0 Å². The van der Waals surface area contributed by atoms with Gasteiger partial charge in [-0.05, 0) is 66.2 Å². The minimum absolute atomic E-state index is 0.0985. The highest BCUT2D eigenvalue weighted by molar-refractivity contribution is 8.00. The van der Waals surface area contributed by atoms with E-state index in [1.807, 2.05) is 6.07 Å². The van der Waals surface area contributed by atoms with Crippen molar-refractivity contribution in [2.45, 2.75) is 10.1 Å². The molecule has 1 atom stereocenters. The highest BCUT2D eigenvalue weighted by atomic mass is 32.2. The van der Waals surface area contributed by atoms with E-state index in [4.69, 9.17) is 14.2 Å². The highest BCUT2D eigenvalue weighted by Crippen LogP contribution is 2.38. The first-order valence-electron chi connectivity index (χ1n) is 16.0. The molecule has 0 heterocycles. The molecule has 0 bridgehead atoms. The molecule has 0 aromatic heterocycles. The molecule has 0 saturated heterocycles. The number of thioether (sulfide) groups is 1. The van der Waals surface area contributed by atoms with Crippen LogP contribution in [0.25, 0.3) is 6.08 Å². The van der Waals surface area contributed by atoms with Gasteiger partial charge >= 0.3 is 5.97 Å². The topological polar surface area (TPSA) is 173 Å². The number of amides is 3. The summed E-state index contributed by atoms with van der Waals surface area (Å²) in [7, 11) is 4.42. The number of aromatic carboxylic acids is 1. The maximum absolute atomic E-state index is 13.9. The minimum Gasteiger partial charge on any atom is -0.507 e. The van der Waals surface area contributed by atoms with Gasteiger partial charge in [0.25, 0.3) is 11.8 Å². The third kappa shape index (κ3) is 9.54. The van der Waals surface area contributed by atoms with Crippen molar-refractivity contribution in [1.29, 1.82) is 0 Å². The molecule has 5 aromatic carbocycles. The molecular formula is C40H35N3O9S. The fourth-order valence-corrected chi connectivity index (χ4v) is 6.22. The Hall–Kier alpha value is -6.73. The maximum Gasteiger partial charge on any atom is 0.339 e. The van der Waals surface area contributed by atoms with E-state index >= 15 is 0 Å². The molecule has 0 fully saturated rings. The normalized spacial score (nSPS) is 11.5. The van der Waals surface area contributed by atoms with Gasteiger partial charge in [0.2, 0.25) is 5.91 Å². The quantitative estimate of drug-likeness (QED) is 0.0455. The Morgan fingerprint density at radius 2 is 1.34 bits per heavy atom. The van der Waals surface area contributed by atoms with Crippen LogP contribution in [0.5, 0.6) is 23.0 Å². The van der Waals surface area contributed by atoms with Gasteiger partial charge in [0.05, 0.1) is 21.3 Å². The van der Waals surface area contributed by atoms with Gasteiger partial charge in [0.1, 0.15) is 28.0 Å². The lowest BCUT2D eigenvalue weighted by molar-refractivity contribution is -0.116. The monoisotopic (exact) mass is 733 g/mol. The summed E-state index contributed by atoms with van der Waals surface area (Å²) in [6.45, 7) is 0. The second-order valence-corrected chi connectivity index (χ2v) is 12.4. The van der Waals surface area contributed by atoms with Crippen molar-refractivity contribution in [2.24, 2.45) is 0 Å². The zero-order valence-corrected chi connectivity index (χ0v) is 29.6. The molecule has 0 radical (unpaired) electrons. The Bertz CT molecular complexity index is 2160. The molecule has 270 valence electrons. The fraction of sp³-hybridized carbons (Fsp3) is 0.100. The van der Waals surface area contributed by atoms with Gasteiger partial charge in [-0.25, -0.2) is 4.79 Å². The van der Waals surface area contributed by atoms with Crippen LogP contribution in [-0.4, -0.2) is 55.2 Å². The molecule has 0 aliphatic heterocycles. The number of hydrogen-bond donors (Lipinski definition) is 5. The molecular weight excluding hydrogens is 699 g/mol. The van der Waals surface area contributed by atoms with Crippen LogP contribution in [0.1, 0.15) is 37.1 Å². The number of anilines is 2. The van der Waals surface area contributed by atoms with Crippen LogP contribution in [0.3, 0.4) is 0 Å². The van der Waals surface area contributed by atoms with Gasteiger partial charge in [-0.1, -0.05) is 54.6 Å². The number of carboxylic acids is 1. The van der Waals surface area contributed by atoms with Gasteiger partial charge < -0.3 is 40.4 Å². The van der Waals surface area contributed by atoms with E-state index in [2.05, 4.69) is 16.0 Å². The van der Waals surface area contributed by atoms with E-state index in [-0.39, 0.29) is 16.9 Å². The van der Waals surface area contributed by atoms with E-state index in [0.717, 1.165) is 0 Å². The summed E-state index contributed by atoms with van der Waals surface area (Å²) in [5.74, 6) is -2.24. The summed E-state index contributed by atoms with van der Waals surface area (Å²) >= 11 is 1.20. The van der Waals surface area contributed by atoms with Crippen molar-refractivity contribution in [3.63, 3.8) is 0 Å². The smallest absolute Gasteiger partial charge is 0.339 e. The zero-order valence-electron chi connectivity index (χ0n) is 28.8. The summed E-state index contributed by atoms with van der Waals surface area (Å²) in [5, 5.41) is 26.8. The van der Waals surface area contributed by atoms with Crippen molar-refractivity contribution in [1.82, 2.24) is 5.32 Å². The molecule has 0 spiro atoms. The summed E-state index contributed by atoms with van der Waals surface area (Å²) in [5.41, 5.74) is 1.53. The number of ether oxygens (including phenoxy) is 3. The van der Waals surface area contributed by atoms with Gasteiger partial charge in [0, 0.05) is 33.5 Å². The SMILES string of the molecule is COc1cc(OC)c(OC)cc1/C=C(/NC(=O)c1ccccc1)C(=O)Nc1cccc(SC(C(=O)Nc2ccc(O)c(C(=O)O)c2)c2ccccc2)c1. The Labute approximate surface area is 309 Å². The molecule has 12 nitrogen and oxygen atoms in total. The Kier molecular flexibility index (Phi) is 12.4. The standard InChI is InChI=1S/C40H35N3O9S/c1-50-33-23-35(52-3)34(51-2)20-26(33)19-31(43-37(45)25-13-8-5-9-14-25)38(46)41-27-15-10-16-29(21-27)53-36(24-11-6-4-7-12-24)39(47)42-28-17-18-32(44)30(22-28)40(48)49/h4-23,36,44H,1-3H3,(H,41,46)(H,42,47)(H,43,45)(H,48,49)/b31-19+. The van der Waals surface area contributed by atoms with E-state index in [1.54, 1.807) is 91.0 Å². The summed E-state index contributed by atoms with van der Waals surface area (Å²) in [4.78, 5) is 53.0. The second-order valence-electron chi connectivity index (χ2n) is 11.2. The second kappa shape index (κ2) is 17.5. The number of carboxylic acid groups (broad SMARTS) is 1. The summed E-state index contributed by atoms with van der Waals surface area (Å²) in [6.07, 6.45) is 1.46. The summed E-state index contributed by atoms with van der Waals surface area (Å²) < 4.78 is 16.4. The van der Waals surface area contributed by atoms with E-state index in [9.17, 15) is 29.4 Å². The lowest BCUT2D eigenvalue weighted by Gasteiger charge is -2.18. The first kappa shape index (κ1) is 37.5. The molecule has 1 unspecified atom stereocenters. The first-order valence-corrected chi connectivity index (χ1v) is 16.9. The van der Waals surface area contributed by atoms with Gasteiger partial charge in [-0.3, -0.25) is 14.4 Å². The Morgan fingerprint density at radius 3 is 2.00 bits per heavy atom. The Balaban J connectivity index is 1.44. The average molecular weight is 734 g/mol. The Morgan fingerprint density at radius 1 is 0.698 bits per heavy atom. The predicted octanol–water partition coefficient (Wildman–Crippen LogP) is 7.00. The predicted molar refractivity (Wildman–Crippen MR) is 202 cm³/mol. The van der Waals surface area contributed by atoms with Crippen LogP contribution in [0.2, 0.25) is 0 Å². The molecule has 5 N–H and O–H groups in total. The number of methoxy groups -OCH3 is 3. The molecule has 5 rings (SSSR count). The number of carbonyl (C=O) groups excluding carboxylic acids is 3. The zero-order chi connectivity index (χ0) is 37.9. The molecule has 5 aromatic rings. The highest BCUT2D eigenvalue weighted by Gasteiger charge is 2.24.